The minimum atomic E-state index is -0.434. The number of allylic oxidation sites excluding steroid dienone is 1. The minimum Gasteiger partial charge on any atom is -0.443 e. The van der Waals surface area contributed by atoms with Gasteiger partial charge in [-0.25, -0.2) is 4.79 Å². The van der Waals surface area contributed by atoms with Crippen LogP contribution in [0.1, 0.15) is 32.6 Å². The van der Waals surface area contributed by atoms with Gasteiger partial charge in [-0.3, -0.25) is 4.79 Å². The van der Waals surface area contributed by atoms with Crippen LogP contribution in [0.2, 0.25) is 0 Å². The van der Waals surface area contributed by atoms with Gasteiger partial charge in [-0.15, -0.1) is 0 Å². The Labute approximate surface area is 132 Å². The summed E-state index contributed by atoms with van der Waals surface area (Å²) in [5.74, 6) is 0.199. The second-order valence-corrected chi connectivity index (χ2v) is 6.16. The van der Waals surface area contributed by atoms with Crippen LogP contribution in [0.3, 0.4) is 0 Å². The summed E-state index contributed by atoms with van der Waals surface area (Å²) in [6.07, 6.45) is 6.26. The lowest BCUT2D eigenvalue weighted by Crippen LogP contribution is -2.48. The van der Waals surface area contributed by atoms with Gasteiger partial charge in [-0.2, -0.15) is 0 Å². The summed E-state index contributed by atoms with van der Waals surface area (Å²) in [4.78, 5) is 26.1. The van der Waals surface area contributed by atoms with Crippen LogP contribution >= 0.6 is 0 Å². The molecule has 0 aromatic carbocycles. The van der Waals surface area contributed by atoms with Crippen molar-refractivity contribution in [2.24, 2.45) is 5.41 Å². The quantitative estimate of drug-likeness (QED) is 0.600. The highest BCUT2D eigenvalue weighted by molar-refractivity contribution is 6.12. The predicted octanol–water partition coefficient (Wildman–Crippen LogP) is 0.625. The van der Waals surface area contributed by atoms with Crippen molar-refractivity contribution in [2.75, 3.05) is 26.3 Å². The molecule has 0 bridgehead atoms. The van der Waals surface area contributed by atoms with Gasteiger partial charge in [0.15, 0.2) is 0 Å². The van der Waals surface area contributed by atoms with Gasteiger partial charge in [-0.05, 0) is 31.8 Å². The second-order valence-electron chi connectivity index (χ2n) is 6.16. The lowest BCUT2D eigenvalue weighted by Gasteiger charge is -2.37. The maximum atomic E-state index is 12.9. The fourth-order valence-corrected chi connectivity index (χ4v) is 2.99. The molecule has 1 fully saturated rings. The molecule has 0 aromatic heterocycles. The Kier molecular flexibility index (Phi) is 5.88. The molecule has 1 heterocycles. The minimum absolute atomic E-state index is 0.199. The first-order chi connectivity index (χ1) is 10.5. The zero-order valence-electron chi connectivity index (χ0n) is 13.5. The number of morpholine rings is 1. The van der Waals surface area contributed by atoms with E-state index in [1.807, 2.05) is 24.0 Å². The molecule has 1 aliphatic carbocycles. The van der Waals surface area contributed by atoms with Crippen molar-refractivity contribution in [3.05, 3.63) is 12.2 Å². The Morgan fingerprint density at radius 2 is 2.09 bits per heavy atom. The number of hydrogen-bond acceptors (Lipinski definition) is 4. The molecule has 0 unspecified atom stereocenters. The molecule has 1 N–H and O–H groups in total. The van der Waals surface area contributed by atoms with E-state index in [9.17, 15) is 9.59 Å². The molecule has 22 heavy (non-hydrogen) atoms. The van der Waals surface area contributed by atoms with Crippen molar-refractivity contribution in [3.8, 4) is 0 Å². The van der Waals surface area contributed by atoms with Gasteiger partial charge >= 0.3 is 6.09 Å². The average Bonchev–Trinajstić information content (AvgIpc) is 2.54. The van der Waals surface area contributed by atoms with Crippen LogP contribution in [0, 0.1) is 5.41 Å². The number of carbonyl (C=O) groups is 2. The Morgan fingerprint density at radius 3 is 2.77 bits per heavy atom. The van der Waals surface area contributed by atoms with Gasteiger partial charge in [0.2, 0.25) is 13.9 Å². The number of ether oxygens (including phenoxy) is 2. The molecule has 2 atom stereocenters. The van der Waals surface area contributed by atoms with Crippen molar-refractivity contribution in [3.63, 3.8) is 0 Å². The molecule has 2 aliphatic rings. The lowest BCUT2D eigenvalue weighted by molar-refractivity contribution is -0.146. The van der Waals surface area contributed by atoms with Crippen LogP contribution in [-0.2, 0) is 14.3 Å². The van der Waals surface area contributed by atoms with Crippen LogP contribution < -0.4 is 5.23 Å². The maximum absolute atomic E-state index is 12.9. The molecule has 6 nitrogen and oxygen atoms in total. The first-order valence-electron chi connectivity index (χ1n) is 7.97. The Morgan fingerprint density at radius 1 is 1.36 bits per heavy atom. The second kappa shape index (κ2) is 7.67. The molecule has 1 aliphatic heterocycles. The van der Waals surface area contributed by atoms with Crippen LogP contribution in [0.15, 0.2) is 12.2 Å². The fraction of sp³-hybridized carbons (Fsp3) is 0.733. The van der Waals surface area contributed by atoms with Gasteiger partial charge < -0.3 is 19.6 Å². The molecule has 2 amide bonds. The molecule has 1 saturated heterocycles. The van der Waals surface area contributed by atoms with Crippen LogP contribution in [0.25, 0.3) is 0 Å². The monoisotopic (exact) mass is 308 g/mol. The zero-order chi connectivity index (χ0) is 16.0. The fourth-order valence-electron chi connectivity index (χ4n) is 2.99. The van der Waals surface area contributed by atoms with E-state index >= 15 is 0 Å². The van der Waals surface area contributed by atoms with E-state index in [0.29, 0.717) is 32.7 Å². The Balaban J connectivity index is 1.99. The van der Waals surface area contributed by atoms with Crippen LogP contribution in [0.5, 0.6) is 0 Å². The number of nitrogens with one attached hydrogen (secondary N) is 1. The van der Waals surface area contributed by atoms with E-state index in [2.05, 4.69) is 5.23 Å². The smallest absolute Gasteiger partial charge is 0.394 e. The Bertz CT molecular complexity index is 437. The third kappa shape index (κ3) is 4.26. The summed E-state index contributed by atoms with van der Waals surface area (Å²) in [5.41, 5.74) is -0.396. The first kappa shape index (κ1) is 16.9. The average molecular weight is 308 g/mol. The molecule has 7 heteroatoms. The van der Waals surface area contributed by atoms with Crippen LogP contribution in [-0.4, -0.2) is 57.3 Å². The summed E-state index contributed by atoms with van der Waals surface area (Å²) < 4.78 is 10.6. The SMILES string of the molecule is BNC(=O)O[C@@H]1/C=C/CC[C@](C)(C(=O)N2CCOCC2)CC1. The molecular formula is C15H25BN2O4. The highest BCUT2D eigenvalue weighted by Gasteiger charge is 2.37. The molecule has 122 valence electrons. The summed E-state index contributed by atoms with van der Waals surface area (Å²) in [6.45, 7) is 4.60. The molecule has 0 radical (unpaired) electrons. The van der Waals surface area contributed by atoms with Gasteiger partial charge in [0.1, 0.15) is 6.10 Å². The summed E-state index contributed by atoms with van der Waals surface area (Å²) in [5, 5.41) is 2.46. The highest BCUT2D eigenvalue weighted by atomic mass is 16.6. The highest BCUT2D eigenvalue weighted by Crippen LogP contribution is 2.34. The standard InChI is InChI=1S/C15H25BN2O4/c1-15(13(19)18-8-10-21-11-9-18)6-3-2-4-12(5-7-15)22-14(20)17-16/h2,4,12H,3,5-11,16H2,1H3,(H,17,20)/b4-2+/t12-,15+/m1/s1. The van der Waals surface area contributed by atoms with E-state index in [1.165, 1.54) is 0 Å². The largest absolute Gasteiger partial charge is 0.443 e. The van der Waals surface area contributed by atoms with Crippen molar-refractivity contribution in [1.82, 2.24) is 10.1 Å². The molecule has 0 saturated carbocycles. The van der Waals surface area contributed by atoms with E-state index in [-0.39, 0.29) is 12.0 Å². The van der Waals surface area contributed by atoms with Crippen molar-refractivity contribution < 1.29 is 19.1 Å². The molecule has 2 rings (SSSR count). The number of amides is 2. The molecular weight excluding hydrogens is 283 g/mol. The third-order valence-electron chi connectivity index (χ3n) is 4.47. The maximum Gasteiger partial charge on any atom is 0.394 e. The van der Waals surface area contributed by atoms with Crippen molar-refractivity contribution in [2.45, 2.75) is 38.7 Å². The van der Waals surface area contributed by atoms with E-state index in [0.717, 1.165) is 19.3 Å². The van der Waals surface area contributed by atoms with E-state index in [1.54, 1.807) is 7.98 Å². The van der Waals surface area contributed by atoms with E-state index in [4.69, 9.17) is 9.47 Å². The summed E-state index contributed by atoms with van der Waals surface area (Å²) >= 11 is 0. The number of rotatable bonds is 2. The first-order valence-corrected chi connectivity index (χ1v) is 7.97. The normalized spacial score (nSPS) is 30.8. The van der Waals surface area contributed by atoms with Gasteiger partial charge in [0.25, 0.3) is 0 Å². The van der Waals surface area contributed by atoms with Gasteiger partial charge in [0.05, 0.1) is 13.2 Å². The third-order valence-corrected chi connectivity index (χ3v) is 4.47. The summed E-state index contributed by atoms with van der Waals surface area (Å²) in [6, 6.07) is 0. The van der Waals surface area contributed by atoms with Gasteiger partial charge in [0, 0.05) is 18.5 Å². The number of nitrogens with zero attached hydrogens (tertiary/aromatic N) is 1. The Hall–Kier alpha value is -1.50. The number of hydrogen-bond donors (Lipinski definition) is 1. The molecule has 0 spiro atoms. The lowest BCUT2D eigenvalue weighted by atomic mass is 9.77. The molecule has 0 aromatic rings. The number of carbonyl (C=O) groups excluding carboxylic acids is 2. The zero-order valence-corrected chi connectivity index (χ0v) is 13.5. The van der Waals surface area contributed by atoms with Crippen molar-refractivity contribution in [1.29, 1.82) is 0 Å². The van der Waals surface area contributed by atoms with Crippen LogP contribution in [0.4, 0.5) is 4.79 Å². The predicted molar refractivity (Wildman–Crippen MR) is 85.1 cm³/mol. The van der Waals surface area contributed by atoms with Gasteiger partial charge in [-0.1, -0.05) is 13.0 Å². The van der Waals surface area contributed by atoms with E-state index < -0.39 is 11.5 Å². The van der Waals surface area contributed by atoms with Crippen molar-refractivity contribution >= 4 is 20.0 Å². The summed E-state index contributed by atoms with van der Waals surface area (Å²) in [7, 11) is 1.54. The topological polar surface area (TPSA) is 67.9 Å².